The van der Waals surface area contributed by atoms with Crippen molar-refractivity contribution in [3.63, 3.8) is 0 Å². The molecule has 0 spiro atoms. The summed E-state index contributed by atoms with van der Waals surface area (Å²) in [6.45, 7) is 4.63. The summed E-state index contributed by atoms with van der Waals surface area (Å²) in [5.74, 6) is 0. The predicted octanol–water partition coefficient (Wildman–Crippen LogP) is 2.57. The van der Waals surface area contributed by atoms with E-state index in [4.69, 9.17) is 0 Å². The molecule has 2 rings (SSSR count). The molecule has 15 heavy (non-hydrogen) atoms. The lowest BCUT2D eigenvalue weighted by Crippen LogP contribution is -2.18. The monoisotopic (exact) mass is 204 g/mol. The van der Waals surface area contributed by atoms with Gasteiger partial charge in [-0.1, -0.05) is 12.1 Å². The first-order chi connectivity index (χ1) is 7.31. The zero-order valence-electron chi connectivity index (χ0n) is 9.66. The standard InChI is InChI=1S/C13H20N2/c1-11(14-2)12-5-7-13(8-6-12)15-9-3-4-10-15/h5-8,11,14H,3-4,9-10H2,1-2H3. The van der Waals surface area contributed by atoms with Gasteiger partial charge >= 0.3 is 0 Å². The van der Waals surface area contributed by atoms with Crippen molar-refractivity contribution in [3.8, 4) is 0 Å². The Bertz CT molecular complexity index is 299. The van der Waals surface area contributed by atoms with E-state index in [2.05, 4.69) is 41.4 Å². The Morgan fingerprint density at radius 2 is 1.73 bits per heavy atom. The second kappa shape index (κ2) is 4.67. The highest BCUT2D eigenvalue weighted by Gasteiger charge is 2.12. The maximum absolute atomic E-state index is 3.26. The van der Waals surface area contributed by atoms with Gasteiger partial charge in [0.05, 0.1) is 0 Å². The van der Waals surface area contributed by atoms with E-state index in [9.17, 15) is 0 Å². The van der Waals surface area contributed by atoms with E-state index in [1.54, 1.807) is 0 Å². The molecule has 1 fully saturated rings. The van der Waals surface area contributed by atoms with Crippen molar-refractivity contribution in [1.82, 2.24) is 5.32 Å². The number of nitrogens with zero attached hydrogens (tertiary/aromatic N) is 1. The second-order valence-corrected chi connectivity index (χ2v) is 4.30. The normalized spacial score (nSPS) is 18.1. The van der Waals surface area contributed by atoms with Gasteiger partial charge in [0.1, 0.15) is 0 Å². The fourth-order valence-electron chi connectivity index (χ4n) is 2.12. The fraction of sp³-hybridized carbons (Fsp3) is 0.538. The number of nitrogens with one attached hydrogen (secondary N) is 1. The Labute approximate surface area is 92.3 Å². The van der Waals surface area contributed by atoms with Crippen LogP contribution in [0.4, 0.5) is 5.69 Å². The molecule has 1 saturated heterocycles. The highest BCUT2D eigenvalue weighted by atomic mass is 15.1. The van der Waals surface area contributed by atoms with Gasteiger partial charge < -0.3 is 10.2 Å². The van der Waals surface area contributed by atoms with Crippen LogP contribution >= 0.6 is 0 Å². The minimum absolute atomic E-state index is 0.442. The number of benzene rings is 1. The zero-order chi connectivity index (χ0) is 10.7. The lowest BCUT2D eigenvalue weighted by molar-refractivity contribution is 0.652. The molecule has 1 aromatic carbocycles. The van der Waals surface area contributed by atoms with Gasteiger partial charge in [-0.25, -0.2) is 0 Å². The molecule has 0 aliphatic carbocycles. The molecule has 1 unspecified atom stereocenters. The summed E-state index contributed by atoms with van der Waals surface area (Å²) >= 11 is 0. The minimum Gasteiger partial charge on any atom is -0.372 e. The van der Waals surface area contributed by atoms with Gasteiger partial charge in [-0.2, -0.15) is 0 Å². The van der Waals surface area contributed by atoms with Crippen molar-refractivity contribution < 1.29 is 0 Å². The molecule has 0 bridgehead atoms. The van der Waals surface area contributed by atoms with Crippen molar-refractivity contribution >= 4 is 5.69 Å². The van der Waals surface area contributed by atoms with Crippen LogP contribution in [0.5, 0.6) is 0 Å². The van der Waals surface area contributed by atoms with E-state index < -0.39 is 0 Å². The highest BCUT2D eigenvalue weighted by molar-refractivity contribution is 5.48. The SMILES string of the molecule is CNC(C)c1ccc(N2CCCC2)cc1. The van der Waals surface area contributed by atoms with Crippen LogP contribution in [0.15, 0.2) is 24.3 Å². The van der Waals surface area contributed by atoms with Crippen LogP contribution < -0.4 is 10.2 Å². The molecule has 0 aromatic heterocycles. The number of anilines is 1. The van der Waals surface area contributed by atoms with Gasteiger partial charge in [0.25, 0.3) is 0 Å². The molecule has 1 atom stereocenters. The summed E-state index contributed by atoms with van der Waals surface area (Å²) in [4.78, 5) is 2.47. The van der Waals surface area contributed by atoms with Crippen LogP contribution in [-0.4, -0.2) is 20.1 Å². The minimum atomic E-state index is 0.442. The third-order valence-corrected chi connectivity index (χ3v) is 3.30. The first-order valence-corrected chi connectivity index (χ1v) is 5.83. The third-order valence-electron chi connectivity index (χ3n) is 3.30. The molecule has 1 aliphatic rings. The van der Waals surface area contributed by atoms with Crippen molar-refractivity contribution in [2.75, 3.05) is 25.0 Å². The summed E-state index contributed by atoms with van der Waals surface area (Å²) in [6.07, 6.45) is 2.68. The molecule has 0 saturated carbocycles. The van der Waals surface area contributed by atoms with Crippen LogP contribution in [0.25, 0.3) is 0 Å². The first-order valence-electron chi connectivity index (χ1n) is 5.83. The van der Waals surface area contributed by atoms with Gasteiger partial charge in [-0.3, -0.25) is 0 Å². The Balaban J connectivity index is 2.09. The average Bonchev–Trinajstić information content (AvgIpc) is 2.82. The lowest BCUT2D eigenvalue weighted by Gasteiger charge is -2.18. The van der Waals surface area contributed by atoms with E-state index in [0.717, 1.165) is 0 Å². The largest absolute Gasteiger partial charge is 0.372 e. The second-order valence-electron chi connectivity index (χ2n) is 4.30. The summed E-state index contributed by atoms with van der Waals surface area (Å²) < 4.78 is 0. The van der Waals surface area contributed by atoms with Crippen LogP contribution in [0, 0.1) is 0 Å². The van der Waals surface area contributed by atoms with E-state index >= 15 is 0 Å². The summed E-state index contributed by atoms with van der Waals surface area (Å²) in [5.41, 5.74) is 2.74. The predicted molar refractivity (Wildman–Crippen MR) is 65.4 cm³/mol. The molecule has 1 N–H and O–H groups in total. The summed E-state index contributed by atoms with van der Waals surface area (Å²) in [7, 11) is 2.00. The smallest absolute Gasteiger partial charge is 0.0366 e. The van der Waals surface area contributed by atoms with Crippen LogP contribution in [-0.2, 0) is 0 Å². The topological polar surface area (TPSA) is 15.3 Å². The molecule has 2 nitrogen and oxygen atoms in total. The molecule has 1 heterocycles. The number of hydrogen-bond donors (Lipinski definition) is 1. The molecule has 2 heteroatoms. The van der Waals surface area contributed by atoms with Gasteiger partial charge in [0.15, 0.2) is 0 Å². The lowest BCUT2D eigenvalue weighted by atomic mass is 10.1. The maximum Gasteiger partial charge on any atom is 0.0366 e. The summed E-state index contributed by atoms with van der Waals surface area (Å²) in [5, 5.41) is 3.26. The number of hydrogen-bond acceptors (Lipinski definition) is 2. The highest BCUT2D eigenvalue weighted by Crippen LogP contribution is 2.22. The van der Waals surface area contributed by atoms with Crippen LogP contribution in [0.2, 0.25) is 0 Å². The van der Waals surface area contributed by atoms with E-state index in [1.165, 1.54) is 37.2 Å². The van der Waals surface area contributed by atoms with Gasteiger partial charge in [-0.05, 0) is 44.5 Å². The Hall–Kier alpha value is -1.02. The average molecular weight is 204 g/mol. The zero-order valence-corrected chi connectivity index (χ0v) is 9.66. The molecule has 0 radical (unpaired) electrons. The number of rotatable bonds is 3. The molecule has 1 aliphatic heterocycles. The summed E-state index contributed by atoms with van der Waals surface area (Å²) in [6, 6.07) is 9.39. The van der Waals surface area contributed by atoms with E-state index in [-0.39, 0.29) is 0 Å². The quantitative estimate of drug-likeness (QED) is 0.814. The molecule has 82 valence electrons. The Kier molecular flexibility index (Phi) is 3.27. The first kappa shape index (κ1) is 10.5. The van der Waals surface area contributed by atoms with E-state index in [1.807, 2.05) is 7.05 Å². The van der Waals surface area contributed by atoms with E-state index in [0.29, 0.717) is 6.04 Å². The van der Waals surface area contributed by atoms with Crippen molar-refractivity contribution in [2.24, 2.45) is 0 Å². The molecule has 0 amide bonds. The molecular weight excluding hydrogens is 184 g/mol. The Morgan fingerprint density at radius 1 is 1.13 bits per heavy atom. The Morgan fingerprint density at radius 3 is 2.27 bits per heavy atom. The van der Waals surface area contributed by atoms with Crippen LogP contribution in [0.1, 0.15) is 31.4 Å². The fourth-order valence-corrected chi connectivity index (χ4v) is 2.12. The third kappa shape index (κ3) is 2.32. The maximum atomic E-state index is 3.26. The van der Waals surface area contributed by atoms with Crippen LogP contribution in [0.3, 0.4) is 0 Å². The molecule has 1 aromatic rings. The van der Waals surface area contributed by atoms with Gasteiger partial charge in [0, 0.05) is 24.8 Å². The van der Waals surface area contributed by atoms with Gasteiger partial charge in [0.2, 0.25) is 0 Å². The van der Waals surface area contributed by atoms with Crippen molar-refractivity contribution in [3.05, 3.63) is 29.8 Å². The van der Waals surface area contributed by atoms with Gasteiger partial charge in [-0.15, -0.1) is 0 Å². The van der Waals surface area contributed by atoms with Crippen molar-refractivity contribution in [1.29, 1.82) is 0 Å². The van der Waals surface area contributed by atoms with Crippen molar-refractivity contribution in [2.45, 2.75) is 25.8 Å². The molecular formula is C13H20N2.